The number of benzene rings is 1. The van der Waals surface area contributed by atoms with E-state index in [4.69, 9.17) is 4.74 Å². The van der Waals surface area contributed by atoms with Crippen molar-refractivity contribution in [3.8, 4) is 0 Å². The summed E-state index contributed by atoms with van der Waals surface area (Å²) in [5.41, 5.74) is 4.41. The summed E-state index contributed by atoms with van der Waals surface area (Å²) >= 11 is 0. The zero-order valence-electron chi connectivity index (χ0n) is 13.8. The van der Waals surface area contributed by atoms with Crippen LogP contribution in [0.4, 0.5) is 11.4 Å². The second-order valence-corrected chi connectivity index (χ2v) is 5.44. The van der Waals surface area contributed by atoms with Crippen LogP contribution in [0.2, 0.25) is 0 Å². The Balaban J connectivity index is 2.03. The van der Waals surface area contributed by atoms with Crippen LogP contribution in [-0.2, 0) is 4.74 Å². The number of aromatic nitrogens is 1. The first-order valence-electron chi connectivity index (χ1n) is 7.67. The van der Waals surface area contributed by atoms with Crippen molar-refractivity contribution >= 4 is 17.3 Å². The van der Waals surface area contributed by atoms with E-state index in [1.54, 1.807) is 25.6 Å². The normalized spacial score (nSPS) is 10.4. The van der Waals surface area contributed by atoms with Crippen molar-refractivity contribution in [2.45, 2.75) is 20.3 Å². The van der Waals surface area contributed by atoms with Crippen LogP contribution in [0.5, 0.6) is 0 Å². The maximum atomic E-state index is 12.4. The third kappa shape index (κ3) is 4.79. The molecule has 0 fully saturated rings. The van der Waals surface area contributed by atoms with E-state index in [1.165, 1.54) is 0 Å². The minimum atomic E-state index is -0.160. The van der Waals surface area contributed by atoms with E-state index in [0.717, 1.165) is 35.5 Å². The fourth-order valence-corrected chi connectivity index (χ4v) is 2.19. The van der Waals surface area contributed by atoms with Gasteiger partial charge in [-0.3, -0.25) is 9.78 Å². The number of carbonyl (C=O) groups is 1. The molecule has 0 bridgehead atoms. The van der Waals surface area contributed by atoms with Crippen LogP contribution in [0.15, 0.2) is 36.7 Å². The topological polar surface area (TPSA) is 63.2 Å². The summed E-state index contributed by atoms with van der Waals surface area (Å²) in [6.07, 6.45) is 4.18. The molecule has 2 aromatic rings. The lowest BCUT2D eigenvalue weighted by atomic mass is 10.1. The van der Waals surface area contributed by atoms with Crippen LogP contribution in [0.1, 0.15) is 27.9 Å². The molecule has 0 saturated carbocycles. The second kappa shape index (κ2) is 8.29. The summed E-state index contributed by atoms with van der Waals surface area (Å²) in [7, 11) is 1.68. The van der Waals surface area contributed by atoms with E-state index in [9.17, 15) is 4.79 Å². The predicted molar refractivity (Wildman–Crippen MR) is 93.1 cm³/mol. The highest BCUT2D eigenvalue weighted by Gasteiger charge is 2.09. The highest BCUT2D eigenvalue weighted by atomic mass is 16.5. The number of hydrogen-bond acceptors (Lipinski definition) is 4. The van der Waals surface area contributed by atoms with E-state index >= 15 is 0 Å². The van der Waals surface area contributed by atoms with Gasteiger partial charge in [0, 0.05) is 38.3 Å². The predicted octanol–water partition coefficient (Wildman–Crippen LogP) is 3.40. The number of nitrogens with zero attached hydrogens (tertiary/aromatic N) is 1. The summed E-state index contributed by atoms with van der Waals surface area (Å²) in [5.74, 6) is -0.160. The number of hydrogen-bond donors (Lipinski definition) is 2. The summed E-state index contributed by atoms with van der Waals surface area (Å²) < 4.78 is 5.01. The van der Waals surface area contributed by atoms with Crippen molar-refractivity contribution in [3.63, 3.8) is 0 Å². The van der Waals surface area contributed by atoms with Gasteiger partial charge in [0.05, 0.1) is 11.3 Å². The Morgan fingerprint density at radius 1 is 1.26 bits per heavy atom. The maximum Gasteiger partial charge on any atom is 0.257 e. The number of carbonyl (C=O) groups excluding carboxylic acids is 1. The van der Waals surface area contributed by atoms with Gasteiger partial charge < -0.3 is 15.4 Å². The van der Waals surface area contributed by atoms with Crippen molar-refractivity contribution in [2.75, 3.05) is 30.9 Å². The third-order valence-electron chi connectivity index (χ3n) is 3.71. The van der Waals surface area contributed by atoms with Crippen molar-refractivity contribution in [1.82, 2.24) is 4.98 Å². The quantitative estimate of drug-likeness (QED) is 0.769. The fourth-order valence-electron chi connectivity index (χ4n) is 2.19. The molecule has 1 heterocycles. The van der Waals surface area contributed by atoms with Gasteiger partial charge in [-0.1, -0.05) is 12.1 Å². The molecule has 5 heteroatoms. The van der Waals surface area contributed by atoms with Crippen molar-refractivity contribution in [3.05, 3.63) is 53.3 Å². The Morgan fingerprint density at radius 2 is 2.09 bits per heavy atom. The standard InChI is InChI=1S/C18H23N3O2/c1-13-6-4-7-17(14(13)2)21-18(22)15-10-16(12-19-11-15)20-8-5-9-23-3/h4,6-7,10-12,20H,5,8-9H2,1-3H3,(H,21,22). The number of ether oxygens (including phenoxy) is 1. The van der Waals surface area contributed by atoms with Crippen LogP contribution in [-0.4, -0.2) is 31.2 Å². The highest BCUT2D eigenvalue weighted by Crippen LogP contribution is 2.19. The van der Waals surface area contributed by atoms with Crippen LogP contribution >= 0.6 is 0 Å². The fraction of sp³-hybridized carbons (Fsp3) is 0.333. The molecule has 0 spiro atoms. The molecular formula is C18H23N3O2. The Bertz CT molecular complexity index is 671. The average molecular weight is 313 g/mol. The molecule has 1 aromatic heterocycles. The van der Waals surface area contributed by atoms with Crippen molar-refractivity contribution in [1.29, 1.82) is 0 Å². The lowest BCUT2D eigenvalue weighted by Crippen LogP contribution is -2.14. The smallest absolute Gasteiger partial charge is 0.257 e. The van der Waals surface area contributed by atoms with Crippen molar-refractivity contribution in [2.24, 2.45) is 0 Å². The van der Waals surface area contributed by atoms with Crippen LogP contribution in [0, 0.1) is 13.8 Å². The maximum absolute atomic E-state index is 12.4. The Hall–Kier alpha value is -2.40. The first kappa shape index (κ1) is 17.0. The monoisotopic (exact) mass is 313 g/mol. The van der Waals surface area contributed by atoms with Gasteiger partial charge in [-0.15, -0.1) is 0 Å². The molecule has 2 rings (SSSR count). The zero-order chi connectivity index (χ0) is 16.7. The van der Waals surface area contributed by atoms with Gasteiger partial charge in [0.1, 0.15) is 0 Å². The van der Waals surface area contributed by atoms with Crippen molar-refractivity contribution < 1.29 is 9.53 Å². The molecule has 5 nitrogen and oxygen atoms in total. The molecule has 122 valence electrons. The summed E-state index contributed by atoms with van der Waals surface area (Å²) in [4.78, 5) is 16.5. The van der Waals surface area contributed by atoms with Crippen LogP contribution in [0.3, 0.4) is 0 Å². The summed E-state index contributed by atoms with van der Waals surface area (Å²) in [6, 6.07) is 7.67. The van der Waals surface area contributed by atoms with E-state index in [1.807, 2.05) is 32.0 Å². The molecule has 0 unspecified atom stereocenters. The first-order valence-corrected chi connectivity index (χ1v) is 7.67. The minimum Gasteiger partial charge on any atom is -0.385 e. The lowest BCUT2D eigenvalue weighted by Gasteiger charge is -2.11. The third-order valence-corrected chi connectivity index (χ3v) is 3.71. The number of methoxy groups -OCH3 is 1. The molecule has 0 atom stereocenters. The van der Waals surface area contributed by atoms with E-state index in [2.05, 4.69) is 15.6 Å². The van der Waals surface area contributed by atoms with E-state index < -0.39 is 0 Å². The molecule has 23 heavy (non-hydrogen) atoms. The Kier molecular flexibility index (Phi) is 6.11. The molecule has 0 aliphatic carbocycles. The van der Waals surface area contributed by atoms with E-state index in [-0.39, 0.29) is 5.91 Å². The largest absolute Gasteiger partial charge is 0.385 e. The summed E-state index contributed by atoms with van der Waals surface area (Å²) in [6.45, 7) is 5.50. The molecule has 0 aliphatic rings. The number of pyridine rings is 1. The second-order valence-electron chi connectivity index (χ2n) is 5.44. The Morgan fingerprint density at radius 3 is 2.87 bits per heavy atom. The highest BCUT2D eigenvalue weighted by molar-refractivity contribution is 6.05. The molecule has 2 N–H and O–H groups in total. The number of aryl methyl sites for hydroxylation is 1. The van der Waals surface area contributed by atoms with Gasteiger partial charge in [0.2, 0.25) is 0 Å². The van der Waals surface area contributed by atoms with Gasteiger partial charge in [-0.2, -0.15) is 0 Å². The lowest BCUT2D eigenvalue weighted by molar-refractivity contribution is 0.102. The Labute approximate surface area is 137 Å². The van der Waals surface area contributed by atoms with Gasteiger partial charge in [0.15, 0.2) is 0 Å². The van der Waals surface area contributed by atoms with Gasteiger partial charge in [0.25, 0.3) is 5.91 Å². The SMILES string of the molecule is COCCCNc1cncc(C(=O)Nc2cccc(C)c2C)c1. The van der Waals surface area contributed by atoms with Gasteiger partial charge in [-0.25, -0.2) is 0 Å². The number of rotatable bonds is 7. The minimum absolute atomic E-state index is 0.160. The number of nitrogens with one attached hydrogen (secondary N) is 2. The molecule has 1 amide bonds. The van der Waals surface area contributed by atoms with Gasteiger partial charge in [-0.05, 0) is 43.5 Å². The average Bonchev–Trinajstić information content (AvgIpc) is 2.56. The molecule has 0 radical (unpaired) electrons. The van der Waals surface area contributed by atoms with E-state index in [0.29, 0.717) is 12.2 Å². The number of anilines is 2. The molecule has 1 aromatic carbocycles. The first-order chi connectivity index (χ1) is 11.1. The zero-order valence-corrected chi connectivity index (χ0v) is 13.8. The van der Waals surface area contributed by atoms with Gasteiger partial charge >= 0.3 is 0 Å². The van der Waals surface area contributed by atoms with Crippen LogP contribution in [0.25, 0.3) is 0 Å². The summed E-state index contributed by atoms with van der Waals surface area (Å²) in [5, 5.41) is 6.18. The number of amides is 1. The van der Waals surface area contributed by atoms with Crippen LogP contribution < -0.4 is 10.6 Å². The molecule has 0 saturated heterocycles. The molecular weight excluding hydrogens is 290 g/mol. The molecule has 0 aliphatic heterocycles.